The fraction of sp³-hybridized carbons (Fsp3) is 0.821. The molecule has 4 heteroatoms. The maximum atomic E-state index is 12.1. The number of aliphatic hydroxyl groups excluding tert-OH is 1. The van der Waals surface area contributed by atoms with Gasteiger partial charge in [0.25, 0.3) is 0 Å². The lowest BCUT2D eigenvalue weighted by atomic mass is 10.0. The minimum Gasteiger partial charge on any atom is -0.457 e. The lowest BCUT2D eigenvalue weighted by Crippen LogP contribution is -2.27. The number of allylic oxidation sites excluding steroid dienone is 6. The maximum absolute atomic E-state index is 12.1. The van der Waals surface area contributed by atoms with Crippen LogP contribution >= 0.6 is 0 Å². The van der Waals surface area contributed by atoms with E-state index in [0.717, 1.165) is 51.4 Å². The summed E-state index contributed by atoms with van der Waals surface area (Å²) < 4.78 is 11.1. The van der Waals surface area contributed by atoms with Crippen molar-refractivity contribution in [2.24, 2.45) is 0 Å². The van der Waals surface area contributed by atoms with Crippen LogP contribution in [0.2, 0.25) is 0 Å². The molecule has 0 amide bonds. The summed E-state index contributed by atoms with van der Waals surface area (Å²) in [6.45, 7) is 5.20. The summed E-state index contributed by atoms with van der Waals surface area (Å²) >= 11 is 0. The Labute approximate surface area is 268 Å². The molecule has 0 aliphatic heterocycles. The van der Waals surface area contributed by atoms with Crippen LogP contribution in [0.1, 0.15) is 181 Å². The third-order valence-corrected chi connectivity index (χ3v) is 7.98. The van der Waals surface area contributed by atoms with E-state index in [1.165, 1.54) is 109 Å². The van der Waals surface area contributed by atoms with Crippen molar-refractivity contribution in [1.82, 2.24) is 0 Å². The van der Waals surface area contributed by atoms with E-state index in [0.29, 0.717) is 13.0 Å². The van der Waals surface area contributed by atoms with E-state index >= 15 is 0 Å². The molecular weight excluding hydrogens is 532 g/mol. The fourth-order valence-electron chi connectivity index (χ4n) is 5.22. The van der Waals surface area contributed by atoms with Gasteiger partial charge in [0.2, 0.25) is 0 Å². The van der Waals surface area contributed by atoms with Crippen molar-refractivity contribution in [2.45, 2.75) is 187 Å². The predicted molar refractivity (Wildman–Crippen MR) is 187 cm³/mol. The molecule has 1 N–H and O–H groups in total. The van der Waals surface area contributed by atoms with Crippen LogP contribution in [0.5, 0.6) is 0 Å². The predicted octanol–water partition coefficient (Wildman–Crippen LogP) is 11.8. The maximum Gasteiger partial charge on any atom is 0.306 e. The van der Waals surface area contributed by atoms with Crippen molar-refractivity contribution in [3.63, 3.8) is 0 Å². The first-order chi connectivity index (χ1) is 21.2. The molecule has 4 nitrogen and oxygen atoms in total. The fourth-order valence-corrected chi connectivity index (χ4v) is 5.22. The smallest absolute Gasteiger partial charge is 0.306 e. The quantitative estimate of drug-likeness (QED) is 0.0451. The summed E-state index contributed by atoms with van der Waals surface area (Å²) in [5.41, 5.74) is 0. The molecule has 0 fully saturated rings. The summed E-state index contributed by atoms with van der Waals surface area (Å²) in [4.78, 5) is 12.1. The molecule has 0 aromatic carbocycles. The summed E-state index contributed by atoms with van der Waals surface area (Å²) in [7, 11) is 0. The SMILES string of the molecule is CC/C=C\C/C=C\C/C=C\CCCCCCOCC(CO)OC(=O)CCCCCCCCCCCCCCCCCCC. The van der Waals surface area contributed by atoms with E-state index in [9.17, 15) is 9.90 Å². The molecule has 0 saturated carbocycles. The average Bonchev–Trinajstić information content (AvgIpc) is 3.01. The Morgan fingerprint density at radius 2 is 1.05 bits per heavy atom. The highest BCUT2D eigenvalue weighted by Gasteiger charge is 2.13. The summed E-state index contributed by atoms with van der Waals surface area (Å²) in [6, 6.07) is 0. The van der Waals surface area contributed by atoms with Crippen LogP contribution in [0.4, 0.5) is 0 Å². The number of ether oxygens (including phenoxy) is 2. The normalized spacial score (nSPS) is 12.7. The van der Waals surface area contributed by atoms with Crippen molar-refractivity contribution < 1.29 is 19.4 Å². The number of carbonyl (C=O) groups excluding carboxylic acids is 1. The van der Waals surface area contributed by atoms with Gasteiger partial charge in [-0.3, -0.25) is 4.79 Å². The minimum atomic E-state index is -0.542. The van der Waals surface area contributed by atoms with Crippen molar-refractivity contribution in [2.75, 3.05) is 19.8 Å². The Kier molecular flexibility index (Phi) is 35.6. The zero-order chi connectivity index (χ0) is 31.3. The zero-order valence-corrected chi connectivity index (χ0v) is 28.7. The Bertz CT molecular complexity index is 639. The Balaban J connectivity index is 3.45. The zero-order valence-electron chi connectivity index (χ0n) is 28.7. The highest BCUT2D eigenvalue weighted by atomic mass is 16.6. The average molecular weight is 605 g/mol. The van der Waals surface area contributed by atoms with Gasteiger partial charge in [0, 0.05) is 13.0 Å². The van der Waals surface area contributed by atoms with Gasteiger partial charge in [0.1, 0.15) is 6.10 Å². The van der Waals surface area contributed by atoms with Crippen LogP contribution in [0.25, 0.3) is 0 Å². The summed E-state index contributed by atoms with van der Waals surface area (Å²) in [5.74, 6) is -0.208. The van der Waals surface area contributed by atoms with Crippen LogP contribution in [0.3, 0.4) is 0 Å². The van der Waals surface area contributed by atoms with E-state index in [1.54, 1.807) is 0 Å². The summed E-state index contributed by atoms with van der Waals surface area (Å²) in [6.07, 6.45) is 44.7. The van der Waals surface area contributed by atoms with Gasteiger partial charge < -0.3 is 14.6 Å². The van der Waals surface area contributed by atoms with Gasteiger partial charge >= 0.3 is 5.97 Å². The van der Waals surface area contributed by atoms with E-state index < -0.39 is 6.10 Å². The molecule has 0 heterocycles. The van der Waals surface area contributed by atoms with Crippen LogP contribution in [0.15, 0.2) is 36.5 Å². The molecule has 252 valence electrons. The number of esters is 1. The number of hydrogen-bond donors (Lipinski definition) is 1. The molecule has 0 bridgehead atoms. The molecular formula is C39H72O4. The molecule has 0 rings (SSSR count). The van der Waals surface area contributed by atoms with E-state index in [2.05, 4.69) is 50.3 Å². The summed E-state index contributed by atoms with van der Waals surface area (Å²) in [5, 5.41) is 9.55. The largest absolute Gasteiger partial charge is 0.457 e. The molecule has 0 aliphatic carbocycles. The second kappa shape index (κ2) is 36.8. The molecule has 0 aliphatic rings. The second-order valence-corrected chi connectivity index (χ2v) is 12.3. The van der Waals surface area contributed by atoms with Crippen molar-refractivity contribution >= 4 is 5.97 Å². The van der Waals surface area contributed by atoms with Crippen molar-refractivity contribution in [3.05, 3.63) is 36.5 Å². The molecule has 0 radical (unpaired) electrons. The van der Waals surface area contributed by atoms with Gasteiger partial charge in [-0.15, -0.1) is 0 Å². The third kappa shape index (κ3) is 35.0. The third-order valence-electron chi connectivity index (χ3n) is 7.98. The Hall–Kier alpha value is -1.39. The molecule has 0 aromatic heterocycles. The van der Waals surface area contributed by atoms with Gasteiger partial charge in [0.05, 0.1) is 13.2 Å². The number of hydrogen-bond acceptors (Lipinski definition) is 4. The Morgan fingerprint density at radius 3 is 1.58 bits per heavy atom. The van der Waals surface area contributed by atoms with Crippen LogP contribution < -0.4 is 0 Å². The molecule has 1 unspecified atom stereocenters. The van der Waals surface area contributed by atoms with Gasteiger partial charge in [0.15, 0.2) is 0 Å². The molecule has 0 saturated heterocycles. The molecule has 1 atom stereocenters. The number of aliphatic hydroxyl groups is 1. The van der Waals surface area contributed by atoms with Crippen LogP contribution in [0, 0.1) is 0 Å². The Morgan fingerprint density at radius 1 is 0.581 bits per heavy atom. The highest BCUT2D eigenvalue weighted by molar-refractivity contribution is 5.69. The lowest BCUT2D eigenvalue weighted by Gasteiger charge is -2.15. The molecule has 0 aromatic rings. The van der Waals surface area contributed by atoms with Crippen LogP contribution in [-0.4, -0.2) is 37.0 Å². The van der Waals surface area contributed by atoms with Crippen molar-refractivity contribution in [1.29, 1.82) is 0 Å². The molecule has 0 spiro atoms. The van der Waals surface area contributed by atoms with Gasteiger partial charge in [-0.25, -0.2) is 0 Å². The number of unbranched alkanes of at least 4 members (excludes halogenated alkanes) is 20. The first kappa shape index (κ1) is 41.6. The topological polar surface area (TPSA) is 55.8 Å². The van der Waals surface area contributed by atoms with E-state index in [4.69, 9.17) is 9.47 Å². The van der Waals surface area contributed by atoms with Gasteiger partial charge in [-0.2, -0.15) is 0 Å². The first-order valence-electron chi connectivity index (χ1n) is 18.6. The monoisotopic (exact) mass is 605 g/mol. The first-order valence-corrected chi connectivity index (χ1v) is 18.6. The highest BCUT2D eigenvalue weighted by Crippen LogP contribution is 2.14. The van der Waals surface area contributed by atoms with Gasteiger partial charge in [-0.1, -0.05) is 166 Å². The number of carbonyl (C=O) groups is 1. The van der Waals surface area contributed by atoms with Crippen LogP contribution in [-0.2, 0) is 14.3 Å². The van der Waals surface area contributed by atoms with Crippen molar-refractivity contribution in [3.8, 4) is 0 Å². The molecule has 43 heavy (non-hydrogen) atoms. The van der Waals surface area contributed by atoms with Gasteiger partial charge in [-0.05, 0) is 44.9 Å². The lowest BCUT2D eigenvalue weighted by molar-refractivity contribution is -0.154. The van der Waals surface area contributed by atoms with E-state index in [1.807, 2.05) is 0 Å². The standard InChI is InChI=1S/C39H72O4/c1-3-5-7-9-11-13-15-17-19-20-21-22-24-26-28-30-32-34-39(41)43-38(36-40)37-42-35-33-31-29-27-25-23-18-16-14-12-10-8-6-4-2/h6,8,12,14,18,23,38,40H,3-5,7,9-11,13,15-17,19-22,24-37H2,1-2H3/b8-6-,14-12-,23-18-. The minimum absolute atomic E-state index is 0.179. The second-order valence-electron chi connectivity index (χ2n) is 12.3. The number of rotatable bonds is 34. The van der Waals surface area contributed by atoms with E-state index in [-0.39, 0.29) is 19.2 Å².